The highest BCUT2D eigenvalue weighted by Gasteiger charge is 2.20. The second-order valence-electron chi connectivity index (χ2n) is 5.93. The SMILES string of the molecule is O=C(c1ccc(Cl)cc1)c1ccccc1-c1nc(-c2ccc(Cl)cc2Cl)no1. The van der Waals surface area contributed by atoms with Gasteiger partial charge in [-0.3, -0.25) is 4.79 Å². The van der Waals surface area contributed by atoms with Crippen LogP contribution in [0.15, 0.2) is 71.3 Å². The quantitative estimate of drug-likeness (QED) is 0.343. The lowest BCUT2D eigenvalue weighted by Gasteiger charge is -2.05. The van der Waals surface area contributed by atoms with E-state index in [1.807, 2.05) is 0 Å². The molecule has 4 rings (SSSR count). The average Bonchev–Trinajstić information content (AvgIpc) is 3.18. The van der Waals surface area contributed by atoms with Crippen LogP contribution in [0.3, 0.4) is 0 Å². The van der Waals surface area contributed by atoms with E-state index in [0.717, 1.165) is 0 Å². The van der Waals surface area contributed by atoms with Crippen LogP contribution >= 0.6 is 34.8 Å². The summed E-state index contributed by atoms with van der Waals surface area (Å²) in [6.45, 7) is 0. The number of hydrogen-bond donors (Lipinski definition) is 0. The van der Waals surface area contributed by atoms with Gasteiger partial charge in [-0.05, 0) is 48.5 Å². The van der Waals surface area contributed by atoms with Crippen LogP contribution in [0.1, 0.15) is 15.9 Å². The normalized spacial score (nSPS) is 10.8. The molecule has 1 heterocycles. The molecule has 0 saturated carbocycles. The van der Waals surface area contributed by atoms with Gasteiger partial charge in [-0.1, -0.05) is 58.2 Å². The van der Waals surface area contributed by atoms with E-state index < -0.39 is 0 Å². The van der Waals surface area contributed by atoms with E-state index in [1.165, 1.54) is 0 Å². The Morgan fingerprint density at radius 3 is 2.29 bits per heavy atom. The molecular formula is C21H11Cl3N2O2. The Morgan fingerprint density at radius 1 is 0.821 bits per heavy atom. The Labute approximate surface area is 175 Å². The van der Waals surface area contributed by atoms with E-state index in [1.54, 1.807) is 66.7 Å². The zero-order valence-electron chi connectivity index (χ0n) is 14.2. The fourth-order valence-corrected chi connectivity index (χ4v) is 3.36. The third kappa shape index (κ3) is 3.67. The van der Waals surface area contributed by atoms with Crippen molar-refractivity contribution >= 4 is 40.6 Å². The lowest BCUT2D eigenvalue weighted by Crippen LogP contribution is -2.03. The van der Waals surface area contributed by atoms with Gasteiger partial charge in [0.2, 0.25) is 5.82 Å². The molecule has 0 aliphatic carbocycles. The molecule has 28 heavy (non-hydrogen) atoms. The summed E-state index contributed by atoms with van der Waals surface area (Å²) in [6, 6.07) is 18.7. The smallest absolute Gasteiger partial charge is 0.258 e. The first kappa shape index (κ1) is 18.7. The molecule has 0 amide bonds. The standard InChI is InChI=1S/C21H11Cl3N2O2/c22-13-7-5-12(6-8-13)19(27)15-3-1-2-4-16(15)21-25-20(26-28-21)17-10-9-14(23)11-18(17)24/h1-11H. The van der Waals surface area contributed by atoms with Crippen molar-refractivity contribution in [3.8, 4) is 22.8 Å². The number of halogens is 3. The van der Waals surface area contributed by atoms with Crippen LogP contribution in [-0.4, -0.2) is 15.9 Å². The minimum atomic E-state index is -0.170. The van der Waals surface area contributed by atoms with Crippen molar-refractivity contribution in [1.29, 1.82) is 0 Å². The number of nitrogens with zero attached hydrogens (tertiary/aromatic N) is 2. The van der Waals surface area contributed by atoms with Gasteiger partial charge in [0.15, 0.2) is 5.78 Å². The van der Waals surface area contributed by atoms with Crippen molar-refractivity contribution in [2.45, 2.75) is 0 Å². The number of hydrogen-bond acceptors (Lipinski definition) is 4. The Balaban J connectivity index is 1.74. The fraction of sp³-hybridized carbons (Fsp3) is 0. The molecule has 0 N–H and O–H groups in total. The molecule has 0 spiro atoms. The third-order valence-corrected chi connectivity index (χ3v) is 4.91. The summed E-state index contributed by atoms with van der Waals surface area (Å²) in [5.41, 5.74) is 2.08. The minimum absolute atomic E-state index is 0.170. The van der Waals surface area contributed by atoms with Crippen LogP contribution in [0.25, 0.3) is 22.8 Å². The summed E-state index contributed by atoms with van der Waals surface area (Å²) in [6.07, 6.45) is 0. The lowest BCUT2D eigenvalue weighted by atomic mass is 9.98. The molecule has 1 aromatic heterocycles. The first-order valence-electron chi connectivity index (χ1n) is 8.22. The van der Waals surface area contributed by atoms with Crippen LogP contribution in [0.4, 0.5) is 0 Å². The minimum Gasteiger partial charge on any atom is -0.334 e. The van der Waals surface area contributed by atoms with E-state index in [0.29, 0.717) is 43.1 Å². The summed E-state index contributed by atoms with van der Waals surface area (Å²) in [4.78, 5) is 17.4. The summed E-state index contributed by atoms with van der Waals surface area (Å²) in [7, 11) is 0. The van der Waals surface area contributed by atoms with Gasteiger partial charge in [0.05, 0.1) is 10.6 Å². The molecule has 0 saturated heterocycles. The van der Waals surface area contributed by atoms with Gasteiger partial charge in [-0.25, -0.2) is 0 Å². The number of aromatic nitrogens is 2. The summed E-state index contributed by atoms with van der Waals surface area (Å²) >= 11 is 18.1. The molecule has 7 heteroatoms. The topological polar surface area (TPSA) is 56.0 Å². The van der Waals surface area contributed by atoms with E-state index in [9.17, 15) is 4.79 Å². The van der Waals surface area contributed by atoms with Gasteiger partial charge in [-0.15, -0.1) is 0 Å². The van der Waals surface area contributed by atoms with E-state index in [4.69, 9.17) is 39.3 Å². The second kappa shape index (κ2) is 7.76. The largest absolute Gasteiger partial charge is 0.334 e. The summed E-state index contributed by atoms with van der Waals surface area (Å²) in [5, 5.41) is 5.48. The molecule has 0 radical (unpaired) electrons. The Kier molecular flexibility index (Phi) is 5.18. The van der Waals surface area contributed by atoms with Crippen molar-refractivity contribution in [1.82, 2.24) is 10.1 Å². The molecule has 4 nitrogen and oxygen atoms in total. The van der Waals surface area contributed by atoms with Crippen molar-refractivity contribution in [2.24, 2.45) is 0 Å². The molecule has 0 atom stereocenters. The molecule has 3 aromatic carbocycles. The Morgan fingerprint density at radius 2 is 1.54 bits per heavy atom. The molecular weight excluding hydrogens is 419 g/mol. The first-order valence-corrected chi connectivity index (χ1v) is 9.35. The Hall–Kier alpha value is -2.66. The third-order valence-electron chi connectivity index (χ3n) is 4.11. The molecule has 4 aromatic rings. The molecule has 138 valence electrons. The van der Waals surface area contributed by atoms with Gasteiger partial charge in [-0.2, -0.15) is 4.98 Å². The zero-order chi connectivity index (χ0) is 19.7. The first-order chi connectivity index (χ1) is 13.5. The van der Waals surface area contributed by atoms with E-state index in [2.05, 4.69) is 10.1 Å². The van der Waals surface area contributed by atoms with Gasteiger partial charge < -0.3 is 4.52 Å². The highest BCUT2D eigenvalue weighted by molar-refractivity contribution is 6.36. The number of carbonyl (C=O) groups excluding carboxylic acids is 1. The highest BCUT2D eigenvalue weighted by atomic mass is 35.5. The van der Waals surface area contributed by atoms with E-state index in [-0.39, 0.29) is 11.7 Å². The van der Waals surface area contributed by atoms with Crippen molar-refractivity contribution in [3.63, 3.8) is 0 Å². The van der Waals surface area contributed by atoms with Gasteiger partial charge in [0.1, 0.15) is 0 Å². The number of benzene rings is 3. The maximum atomic E-state index is 13.0. The monoisotopic (exact) mass is 428 g/mol. The second-order valence-corrected chi connectivity index (χ2v) is 7.21. The fourth-order valence-electron chi connectivity index (χ4n) is 2.74. The van der Waals surface area contributed by atoms with E-state index >= 15 is 0 Å². The predicted octanol–water partition coefficient (Wildman–Crippen LogP) is 6.59. The van der Waals surface area contributed by atoms with Crippen LogP contribution in [0, 0.1) is 0 Å². The van der Waals surface area contributed by atoms with Crippen LogP contribution < -0.4 is 0 Å². The van der Waals surface area contributed by atoms with Crippen LogP contribution in [0.5, 0.6) is 0 Å². The number of carbonyl (C=O) groups is 1. The van der Waals surface area contributed by atoms with Crippen LogP contribution in [0.2, 0.25) is 15.1 Å². The zero-order valence-corrected chi connectivity index (χ0v) is 16.5. The van der Waals surface area contributed by atoms with Gasteiger partial charge in [0, 0.05) is 26.7 Å². The maximum Gasteiger partial charge on any atom is 0.258 e. The van der Waals surface area contributed by atoms with Crippen LogP contribution in [-0.2, 0) is 0 Å². The number of rotatable bonds is 4. The highest BCUT2D eigenvalue weighted by Crippen LogP contribution is 2.31. The Bertz CT molecular complexity index is 1170. The molecule has 0 fully saturated rings. The molecule has 0 unspecified atom stereocenters. The molecule has 0 aliphatic rings. The number of ketones is 1. The summed E-state index contributed by atoms with van der Waals surface area (Å²) < 4.78 is 5.41. The van der Waals surface area contributed by atoms with Crippen molar-refractivity contribution in [2.75, 3.05) is 0 Å². The molecule has 0 bridgehead atoms. The molecule has 0 aliphatic heterocycles. The maximum absolute atomic E-state index is 13.0. The lowest BCUT2D eigenvalue weighted by molar-refractivity contribution is 0.103. The average molecular weight is 430 g/mol. The summed E-state index contributed by atoms with van der Waals surface area (Å²) in [5.74, 6) is 0.362. The van der Waals surface area contributed by atoms with Crippen molar-refractivity contribution < 1.29 is 9.32 Å². The van der Waals surface area contributed by atoms with Gasteiger partial charge in [0.25, 0.3) is 5.89 Å². The predicted molar refractivity (Wildman–Crippen MR) is 110 cm³/mol. The van der Waals surface area contributed by atoms with Crippen molar-refractivity contribution in [3.05, 3.63) is 92.9 Å². The van der Waals surface area contributed by atoms with Gasteiger partial charge >= 0.3 is 0 Å².